The molecule has 0 spiro atoms. The molecule has 0 aliphatic carbocycles. The van der Waals surface area contributed by atoms with Crippen molar-refractivity contribution >= 4 is 27.5 Å². The number of amides is 2. The molecule has 208 valence electrons. The van der Waals surface area contributed by atoms with Gasteiger partial charge in [0.25, 0.3) is 10.0 Å². The van der Waals surface area contributed by atoms with Gasteiger partial charge in [0.15, 0.2) is 0 Å². The van der Waals surface area contributed by atoms with Gasteiger partial charge in [-0.1, -0.05) is 37.3 Å². The first-order valence-electron chi connectivity index (χ1n) is 12.8. The predicted molar refractivity (Wildman–Crippen MR) is 148 cm³/mol. The van der Waals surface area contributed by atoms with Crippen LogP contribution in [0, 0.1) is 5.82 Å². The highest BCUT2D eigenvalue weighted by Crippen LogP contribution is 2.26. The van der Waals surface area contributed by atoms with Crippen molar-refractivity contribution in [1.82, 2.24) is 10.2 Å². The van der Waals surface area contributed by atoms with Crippen LogP contribution in [0.5, 0.6) is 5.75 Å². The van der Waals surface area contributed by atoms with Gasteiger partial charge in [0.2, 0.25) is 11.8 Å². The van der Waals surface area contributed by atoms with Crippen molar-refractivity contribution < 1.29 is 27.1 Å². The monoisotopic (exact) mass is 555 g/mol. The van der Waals surface area contributed by atoms with E-state index >= 15 is 0 Å². The number of nitrogens with one attached hydrogen (secondary N) is 1. The van der Waals surface area contributed by atoms with E-state index in [9.17, 15) is 22.4 Å². The van der Waals surface area contributed by atoms with Gasteiger partial charge in [-0.15, -0.1) is 0 Å². The van der Waals surface area contributed by atoms with E-state index in [2.05, 4.69) is 5.32 Å². The Labute approximate surface area is 229 Å². The summed E-state index contributed by atoms with van der Waals surface area (Å²) >= 11 is 0. The Morgan fingerprint density at radius 2 is 1.59 bits per heavy atom. The van der Waals surface area contributed by atoms with Crippen LogP contribution in [0.3, 0.4) is 0 Å². The highest BCUT2D eigenvalue weighted by molar-refractivity contribution is 7.92. The molecule has 0 saturated heterocycles. The van der Waals surface area contributed by atoms with Crippen LogP contribution < -0.4 is 14.4 Å². The van der Waals surface area contributed by atoms with Crippen molar-refractivity contribution in [1.29, 1.82) is 0 Å². The Balaban J connectivity index is 1.97. The molecular weight excluding hydrogens is 521 g/mol. The van der Waals surface area contributed by atoms with E-state index in [4.69, 9.17) is 4.74 Å². The highest BCUT2D eigenvalue weighted by Gasteiger charge is 2.32. The number of halogens is 1. The molecule has 1 unspecified atom stereocenters. The lowest BCUT2D eigenvalue weighted by atomic mass is 10.1. The smallest absolute Gasteiger partial charge is 0.264 e. The van der Waals surface area contributed by atoms with Crippen LogP contribution in [-0.2, 0) is 26.2 Å². The number of rotatable bonds is 13. The van der Waals surface area contributed by atoms with Gasteiger partial charge in [-0.3, -0.25) is 13.9 Å². The molecule has 0 aliphatic heterocycles. The first-order valence-corrected chi connectivity index (χ1v) is 14.2. The molecule has 3 rings (SSSR count). The largest absolute Gasteiger partial charge is 0.494 e. The number of hydrogen-bond acceptors (Lipinski definition) is 5. The molecule has 39 heavy (non-hydrogen) atoms. The summed E-state index contributed by atoms with van der Waals surface area (Å²) in [6.07, 6.45) is 0.715. The zero-order valence-electron chi connectivity index (χ0n) is 22.3. The number of sulfonamides is 1. The lowest BCUT2D eigenvalue weighted by molar-refractivity contribution is -0.139. The summed E-state index contributed by atoms with van der Waals surface area (Å²) in [5.74, 6) is -0.858. The van der Waals surface area contributed by atoms with Crippen molar-refractivity contribution in [2.75, 3.05) is 24.0 Å². The zero-order chi connectivity index (χ0) is 28.4. The number of carbonyl (C=O) groups is 2. The first kappa shape index (κ1) is 29.6. The Kier molecular flexibility index (Phi) is 10.4. The van der Waals surface area contributed by atoms with Gasteiger partial charge < -0.3 is 15.0 Å². The van der Waals surface area contributed by atoms with E-state index in [1.54, 1.807) is 49.4 Å². The van der Waals surface area contributed by atoms with Gasteiger partial charge in [-0.05, 0) is 74.4 Å². The van der Waals surface area contributed by atoms with Crippen molar-refractivity contribution in [3.05, 3.63) is 90.2 Å². The number of hydrogen-bond donors (Lipinski definition) is 1. The third kappa shape index (κ3) is 7.79. The summed E-state index contributed by atoms with van der Waals surface area (Å²) < 4.78 is 47.5. The van der Waals surface area contributed by atoms with Crippen LogP contribution in [0.25, 0.3) is 0 Å². The van der Waals surface area contributed by atoms with Crippen LogP contribution in [0.4, 0.5) is 10.1 Å². The highest BCUT2D eigenvalue weighted by atomic mass is 32.2. The lowest BCUT2D eigenvalue weighted by Crippen LogP contribution is -2.51. The zero-order valence-corrected chi connectivity index (χ0v) is 23.2. The summed E-state index contributed by atoms with van der Waals surface area (Å²) in [6.45, 7) is 5.64. The van der Waals surface area contributed by atoms with Crippen LogP contribution in [0.2, 0.25) is 0 Å². The van der Waals surface area contributed by atoms with Crippen LogP contribution in [0.15, 0.2) is 83.8 Å². The standard InChI is InChI=1S/C29H34FN3O5S/c1-4-19-31-29(35)22(3)32(20-23-11-13-24(30)14-12-23)28(34)21-33(25-9-7-6-8-10-25)39(36,37)27-17-15-26(16-18-27)38-5-2/h6-18,22H,4-5,19-21H2,1-3H3,(H,31,35). The molecule has 0 fully saturated rings. The van der Waals surface area contributed by atoms with Gasteiger partial charge in [0.05, 0.1) is 17.2 Å². The minimum atomic E-state index is -4.17. The van der Waals surface area contributed by atoms with E-state index in [0.29, 0.717) is 36.6 Å². The summed E-state index contributed by atoms with van der Waals surface area (Å²) in [5, 5.41) is 2.78. The summed E-state index contributed by atoms with van der Waals surface area (Å²) in [5.41, 5.74) is 0.894. The van der Waals surface area contributed by atoms with Gasteiger partial charge in [0, 0.05) is 13.1 Å². The van der Waals surface area contributed by atoms with Gasteiger partial charge in [0.1, 0.15) is 24.2 Å². The average Bonchev–Trinajstić information content (AvgIpc) is 2.94. The van der Waals surface area contributed by atoms with Gasteiger partial charge in [-0.25, -0.2) is 12.8 Å². The molecule has 8 nitrogen and oxygen atoms in total. The van der Waals surface area contributed by atoms with Crippen molar-refractivity contribution in [2.45, 2.75) is 44.7 Å². The fourth-order valence-electron chi connectivity index (χ4n) is 3.89. The van der Waals surface area contributed by atoms with E-state index in [-0.39, 0.29) is 17.3 Å². The maximum Gasteiger partial charge on any atom is 0.264 e. The molecule has 1 atom stereocenters. The molecule has 0 aromatic heterocycles. The summed E-state index contributed by atoms with van der Waals surface area (Å²) in [7, 11) is -4.17. The van der Waals surface area contributed by atoms with Gasteiger partial charge >= 0.3 is 0 Å². The molecule has 2 amide bonds. The first-order chi connectivity index (χ1) is 18.7. The fourth-order valence-corrected chi connectivity index (χ4v) is 5.30. The molecule has 1 N–H and O–H groups in total. The molecule has 0 aliphatic rings. The summed E-state index contributed by atoms with van der Waals surface area (Å²) in [6, 6.07) is 19.0. The second-order valence-electron chi connectivity index (χ2n) is 8.87. The van der Waals surface area contributed by atoms with E-state index in [1.165, 1.54) is 41.3 Å². The number of carbonyl (C=O) groups excluding carboxylic acids is 2. The quantitative estimate of drug-likeness (QED) is 0.338. The Hall–Kier alpha value is -3.92. The molecule has 3 aromatic carbocycles. The topological polar surface area (TPSA) is 96.0 Å². The van der Waals surface area contributed by atoms with E-state index < -0.39 is 34.3 Å². The molecule has 0 heterocycles. The summed E-state index contributed by atoms with van der Waals surface area (Å²) in [4.78, 5) is 27.9. The van der Waals surface area contributed by atoms with Crippen LogP contribution >= 0.6 is 0 Å². The Bertz CT molecular complexity index is 1330. The number of nitrogens with zero attached hydrogens (tertiary/aromatic N) is 2. The second kappa shape index (κ2) is 13.7. The molecule has 0 bridgehead atoms. The van der Waals surface area contributed by atoms with Crippen LogP contribution in [0.1, 0.15) is 32.8 Å². The molecule has 3 aromatic rings. The van der Waals surface area contributed by atoms with E-state index in [0.717, 1.165) is 4.31 Å². The second-order valence-corrected chi connectivity index (χ2v) is 10.7. The van der Waals surface area contributed by atoms with Gasteiger partial charge in [-0.2, -0.15) is 0 Å². The number of anilines is 1. The lowest BCUT2D eigenvalue weighted by Gasteiger charge is -2.32. The molecule has 0 radical (unpaired) electrons. The third-order valence-electron chi connectivity index (χ3n) is 6.03. The van der Waals surface area contributed by atoms with Crippen molar-refractivity contribution in [3.8, 4) is 5.75 Å². The predicted octanol–water partition coefficient (Wildman–Crippen LogP) is 4.36. The van der Waals surface area contributed by atoms with E-state index in [1.807, 2.05) is 13.8 Å². The molecule has 0 saturated carbocycles. The SMILES string of the molecule is CCCNC(=O)C(C)N(Cc1ccc(F)cc1)C(=O)CN(c1ccccc1)S(=O)(=O)c1ccc(OCC)cc1. The maximum absolute atomic E-state index is 13.8. The molecular formula is C29H34FN3O5S. The molecule has 10 heteroatoms. The van der Waals surface area contributed by atoms with Crippen LogP contribution in [-0.4, -0.2) is 50.9 Å². The van der Waals surface area contributed by atoms with Crippen molar-refractivity contribution in [2.24, 2.45) is 0 Å². The van der Waals surface area contributed by atoms with Crippen molar-refractivity contribution in [3.63, 3.8) is 0 Å². The Morgan fingerprint density at radius 3 is 2.18 bits per heavy atom. The number of benzene rings is 3. The number of ether oxygens (including phenoxy) is 1. The third-order valence-corrected chi connectivity index (χ3v) is 7.82. The average molecular weight is 556 g/mol. The Morgan fingerprint density at radius 1 is 0.949 bits per heavy atom. The fraction of sp³-hybridized carbons (Fsp3) is 0.310. The minimum absolute atomic E-state index is 0.00838. The maximum atomic E-state index is 13.8. The minimum Gasteiger partial charge on any atom is -0.494 e. The normalized spacial score (nSPS) is 11.9. The number of para-hydroxylation sites is 1.